The van der Waals surface area contributed by atoms with Crippen molar-refractivity contribution >= 4 is 11.8 Å². The number of carbonyl (C=O) groups is 2. The molecule has 0 aliphatic carbocycles. The maximum absolute atomic E-state index is 12.0. The second-order valence-electron chi connectivity index (χ2n) is 8.74. The van der Waals surface area contributed by atoms with Gasteiger partial charge < -0.3 is 21.5 Å². The molecule has 1 aliphatic heterocycles. The Bertz CT molecular complexity index is 1200. The van der Waals surface area contributed by atoms with Crippen molar-refractivity contribution < 1.29 is 14.3 Å². The second-order valence-corrected chi connectivity index (χ2v) is 8.74. The zero-order chi connectivity index (χ0) is 24.1. The number of pyridine rings is 1. The lowest BCUT2D eigenvalue weighted by molar-refractivity contribution is 0.0991. The van der Waals surface area contributed by atoms with Gasteiger partial charge in [0.2, 0.25) is 0 Å². The fourth-order valence-electron chi connectivity index (χ4n) is 4.58. The van der Waals surface area contributed by atoms with Crippen molar-refractivity contribution in [2.45, 2.75) is 25.7 Å². The Morgan fingerprint density at radius 3 is 2.50 bits per heavy atom. The number of rotatable bonds is 8. The molecule has 1 aliphatic rings. The predicted molar refractivity (Wildman–Crippen MR) is 132 cm³/mol. The van der Waals surface area contributed by atoms with E-state index in [9.17, 15) is 9.59 Å². The molecule has 2 heterocycles. The Balaban J connectivity index is 1.64. The van der Waals surface area contributed by atoms with Gasteiger partial charge in [0.25, 0.3) is 11.8 Å². The minimum Gasteiger partial charge on any atom is -0.496 e. The van der Waals surface area contributed by atoms with Crippen LogP contribution >= 0.6 is 0 Å². The first kappa shape index (κ1) is 23.4. The van der Waals surface area contributed by atoms with Crippen LogP contribution in [-0.2, 0) is 12.8 Å². The number of piperidine rings is 1. The van der Waals surface area contributed by atoms with Gasteiger partial charge in [-0.05, 0) is 85.1 Å². The topological polar surface area (TPSA) is 120 Å². The highest BCUT2D eigenvalue weighted by Gasteiger charge is 2.17. The summed E-state index contributed by atoms with van der Waals surface area (Å²) in [6, 6.07) is 17.7. The van der Waals surface area contributed by atoms with E-state index in [1.54, 1.807) is 13.2 Å². The Hall–Kier alpha value is -3.71. The molecule has 2 aromatic carbocycles. The summed E-state index contributed by atoms with van der Waals surface area (Å²) in [5.41, 5.74) is 15.9. The quantitative estimate of drug-likeness (QED) is 0.479. The number of amides is 2. The standard InChI is InChI=1S/C27H30N4O3/c1-34-24-8-5-19(15-21-6-7-23(26(28)32)31-25(21)27(29)33)16-22(24)20-4-2-3-18(14-20)13-17-9-11-30-12-10-17/h2-8,14,16-17,30H,9-13,15H2,1H3,(H2,28,32)(H2,29,33). The molecular formula is C27H30N4O3. The summed E-state index contributed by atoms with van der Waals surface area (Å²) >= 11 is 0. The first-order valence-electron chi connectivity index (χ1n) is 11.5. The summed E-state index contributed by atoms with van der Waals surface area (Å²) < 4.78 is 5.65. The molecule has 0 spiro atoms. The van der Waals surface area contributed by atoms with Crippen LogP contribution in [0.1, 0.15) is 50.5 Å². The number of nitrogens with one attached hydrogen (secondary N) is 1. The lowest BCUT2D eigenvalue weighted by atomic mass is 9.89. The van der Waals surface area contributed by atoms with E-state index >= 15 is 0 Å². The summed E-state index contributed by atoms with van der Waals surface area (Å²) in [6.45, 7) is 2.17. The molecule has 176 valence electrons. The van der Waals surface area contributed by atoms with Crippen LogP contribution in [0, 0.1) is 5.92 Å². The molecule has 1 aromatic heterocycles. The van der Waals surface area contributed by atoms with Crippen molar-refractivity contribution in [2.75, 3.05) is 20.2 Å². The van der Waals surface area contributed by atoms with Crippen LogP contribution < -0.4 is 21.5 Å². The molecule has 1 fully saturated rings. The number of aromatic nitrogens is 1. The van der Waals surface area contributed by atoms with Gasteiger partial charge in [0.15, 0.2) is 0 Å². The predicted octanol–water partition coefficient (Wildman–Crippen LogP) is 3.09. The van der Waals surface area contributed by atoms with Gasteiger partial charge in [-0.25, -0.2) is 4.98 Å². The Morgan fingerprint density at radius 2 is 1.79 bits per heavy atom. The number of primary amides is 2. The average Bonchev–Trinajstić information content (AvgIpc) is 2.85. The molecule has 0 saturated carbocycles. The van der Waals surface area contributed by atoms with E-state index in [0.29, 0.717) is 17.9 Å². The Kier molecular flexibility index (Phi) is 7.23. The molecule has 0 unspecified atom stereocenters. The average molecular weight is 459 g/mol. The van der Waals surface area contributed by atoms with Crippen LogP contribution in [0.15, 0.2) is 54.6 Å². The molecule has 7 heteroatoms. The molecule has 4 rings (SSSR count). The van der Waals surface area contributed by atoms with Crippen LogP contribution in [0.4, 0.5) is 0 Å². The molecule has 0 atom stereocenters. The van der Waals surface area contributed by atoms with Crippen molar-refractivity contribution in [3.05, 3.63) is 82.7 Å². The SMILES string of the molecule is COc1ccc(Cc2ccc(C(N)=O)nc2C(N)=O)cc1-c1cccc(CC2CCNCC2)c1. The molecule has 1 saturated heterocycles. The smallest absolute Gasteiger partial charge is 0.267 e. The van der Waals surface area contributed by atoms with Gasteiger partial charge in [0.1, 0.15) is 17.1 Å². The maximum Gasteiger partial charge on any atom is 0.267 e. The number of hydrogen-bond donors (Lipinski definition) is 3. The van der Waals surface area contributed by atoms with Gasteiger partial charge in [0, 0.05) is 5.56 Å². The lowest BCUT2D eigenvalue weighted by Crippen LogP contribution is -2.28. The summed E-state index contributed by atoms with van der Waals surface area (Å²) in [4.78, 5) is 27.5. The highest BCUT2D eigenvalue weighted by Crippen LogP contribution is 2.33. The molecule has 3 aromatic rings. The number of nitrogens with two attached hydrogens (primary N) is 2. The van der Waals surface area contributed by atoms with Gasteiger partial charge in [-0.3, -0.25) is 9.59 Å². The lowest BCUT2D eigenvalue weighted by Gasteiger charge is -2.22. The third-order valence-electron chi connectivity index (χ3n) is 6.34. The van der Waals surface area contributed by atoms with Crippen LogP contribution in [0.5, 0.6) is 5.75 Å². The first-order valence-corrected chi connectivity index (χ1v) is 11.5. The molecule has 7 nitrogen and oxygen atoms in total. The third kappa shape index (κ3) is 5.43. The molecule has 0 bridgehead atoms. The van der Waals surface area contributed by atoms with Crippen molar-refractivity contribution in [2.24, 2.45) is 17.4 Å². The Labute approximate surface area is 199 Å². The van der Waals surface area contributed by atoms with Crippen molar-refractivity contribution in [3.8, 4) is 16.9 Å². The van der Waals surface area contributed by atoms with Crippen LogP contribution in [0.3, 0.4) is 0 Å². The van der Waals surface area contributed by atoms with E-state index in [4.69, 9.17) is 16.2 Å². The van der Waals surface area contributed by atoms with Gasteiger partial charge in [-0.15, -0.1) is 0 Å². The Morgan fingerprint density at radius 1 is 1.00 bits per heavy atom. The van der Waals surface area contributed by atoms with Crippen molar-refractivity contribution in [3.63, 3.8) is 0 Å². The fraction of sp³-hybridized carbons (Fsp3) is 0.296. The number of benzene rings is 2. The second kappa shape index (κ2) is 10.5. The number of ether oxygens (including phenoxy) is 1. The molecule has 2 amide bonds. The van der Waals surface area contributed by atoms with Crippen molar-refractivity contribution in [1.82, 2.24) is 10.3 Å². The summed E-state index contributed by atoms with van der Waals surface area (Å²) in [7, 11) is 1.66. The van der Waals surface area contributed by atoms with Crippen LogP contribution in [0.2, 0.25) is 0 Å². The van der Waals surface area contributed by atoms with Crippen molar-refractivity contribution in [1.29, 1.82) is 0 Å². The number of hydrogen-bond acceptors (Lipinski definition) is 5. The maximum atomic E-state index is 12.0. The van der Waals surface area contributed by atoms with Gasteiger partial charge in [-0.1, -0.05) is 36.4 Å². The number of carbonyl (C=O) groups excluding carboxylic acids is 2. The summed E-state index contributed by atoms with van der Waals surface area (Å²) in [6.07, 6.45) is 3.90. The van der Waals surface area contributed by atoms with Gasteiger partial charge >= 0.3 is 0 Å². The van der Waals surface area contributed by atoms with E-state index in [1.807, 2.05) is 12.1 Å². The summed E-state index contributed by atoms with van der Waals surface area (Å²) in [5.74, 6) is 0.0792. The normalized spacial score (nSPS) is 14.0. The van der Waals surface area contributed by atoms with Crippen LogP contribution in [0.25, 0.3) is 11.1 Å². The largest absolute Gasteiger partial charge is 0.496 e. The van der Waals surface area contributed by atoms with Crippen LogP contribution in [-0.4, -0.2) is 37.0 Å². The third-order valence-corrected chi connectivity index (χ3v) is 6.34. The summed E-state index contributed by atoms with van der Waals surface area (Å²) in [5, 5.41) is 3.43. The van der Waals surface area contributed by atoms with E-state index in [-0.39, 0.29) is 11.4 Å². The zero-order valence-corrected chi connectivity index (χ0v) is 19.3. The minimum atomic E-state index is -0.704. The molecule has 5 N–H and O–H groups in total. The van der Waals surface area contributed by atoms with E-state index in [0.717, 1.165) is 42.0 Å². The van der Waals surface area contributed by atoms with Gasteiger partial charge in [-0.2, -0.15) is 0 Å². The fourth-order valence-corrected chi connectivity index (χ4v) is 4.58. The van der Waals surface area contributed by atoms with E-state index in [2.05, 4.69) is 40.6 Å². The van der Waals surface area contributed by atoms with E-state index < -0.39 is 11.8 Å². The first-order chi connectivity index (χ1) is 16.4. The molecular weight excluding hydrogens is 428 g/mol. The highest BCUT2D eigenvalue weighted by atomic mass is 16.5. The molecule has 34 heavy (non-hydrogen) atoms. The van der Waals surface area contributed by atoms with E-state index in [1.165, 1.54) is 24.5 Å². The number of nitrogens with zero attached hydrogens (tertiary/aromatic N) is 1. The minimum absolute atomic E-state index is 0.0125. The highest BCUT2D eigenvalue weighted by molar-refractivity contribution is 5.96. The van der Waals surface area contributed by atoms with Gasteiger partial charge in [0.05, 0.1) is 7.11 Å². The monoisotopic (exact) mass is 458 g/mol. The zero-order valence-electron chi connectivity index (χ0n) is 19.3. The number of methoxy groups -OCH3 is 1. The molecule has 0 radical (unpaired) electrons.